The summed E-state index contributed by atoms with van der Waals surface area (Å²) in [6, 6.07) is 8.93. The molecule has 18 heavy (non-hydrogen) atoms. The Morgan fingerprint density at radius 1 is 1.39 bits per heavy atom. The van der Waals surface area contributed by atoms with E-state index in [0.717, 1.165) is 5.56 Å². The summed E-state index contributed by atoms with van der Waals surface area (Å²) in [5, 5.41) is 7.78. The Morgan fingerprint density at radius 3 is 2.94 bits per heavy atom. The summed E-state index contributed by atoms with van der Waals surface area (Å²) in [4.78, 5) is 11.9. The van der Waals surface area contributed by atoms with Gasteiger partial charge >= 0.3 is 0 Å². The van der Waals surface area contributed by atoms with Crippen molar-refractivity contribution in [3.8, 4) is 5.75 Å². The fraction of sp³-hybridized carbons (Fsp3) is 0.0769. The highest BCUT2D eigenvalue weighted by atomic mass is 32.1. The van der Waals surface area contributed by atoms with Gasteiger partial charge in [0.15, 0.2) is 0 Å². The molecule has 0 fully saturated rings. The molecule has 92 valence electrons. The van der Waals surface area contributed by atoms with E-state index >= 15 is 0 Å². The van der Waals surface area contributed by atoms with Gasteiger partial charge < -0.3 is 4.74 Å². The number of nitrogens with one attached hydrogen (secondary N) is 1. The van der Waals surface area contributed by atoms with E-state index in [1.54, 1.807) is 35.8 Å². The van der Waals surface area contributed by atoms with E-state index in [1.807, 2.05) is 22.9 Å². The number of hydrogen-bond donors (Lipinski definition) is 1. The number of thiophene rings is 1. The summed E-state index contributed by atoms with van der Waals surface area (Å²) in [7, 11) is 1.53. The molecule has 1 heterocycles. The first kappa shape index (κ1) is 12.3. The van der Waals surface area contributed by atoms with E-state index < -0.39 is 0 Å². The first-order valence-electron chi connectivity index (χ1n) is 5.30. The molecular weight excluding hydrogens is 248 g/mol. The second-order valence-corrected chi connectivity index (χ2v) is 4.24. The van der Waals surface area contributed by atoms with Crippen LogP contribution >= 0.6 is 11.3 Å². The van der Waals surface area contributed by atoms with Crippen LogP contribution < -0.4 is 10.2 Å². The third-order valence-electron chi connectivity index (χ3n) is 2.27. The van der Waals surface area contributed by atoms with Crippen molar-refractivity contribution in [1.82, 2.24) is 5.43 Å². The summed E-state index contributed by atoms with van der Waals surface area (Å²) in [6.45, 7) is 0. The quantitative estimate of drug-likeness (QED) is 0.678. The predicted molar refractivity (Wildman–Crippen MR) is 72.4 cm³/mol. The van der Waals surface area contributed by atoms with Crippen LogP contribution in [-0.4, -0.2) is 19.2 Å². The molecule has 0 aliphatic carbocycles. The summed E-state index contributed by atoms with van der Waals surface area (Å²) >= 11 is 1.58. The number of carbonyl (C=O) groups excluding carboxylic acids is 1. The lowest BCUT2D eigenvalue weighted by Crippen LogP contribution is -2.18. The topological polar surface area (TPSA) is 50.7 Å². The molecule has 1 aromatic heterocycles. The first-order chi connectivity index (χ1) is 8.81. The molecule has 0 bridgehead atoms. The summed E-state index contributed by atoms with van der Waals surface area (Å²) < 4.78 is 5.11. The van der Waals surface area contributed by atoms with E-state index in [1.165, 1.54) is 7.11 Å². The van der Waals surface area contributed by atoms with Gasteiger partial charge in [-0.15, -0.1) is 0 Å². The minimum atomic E-state index is -0.293. The zero-order chi connectivity index (χ0) is 12.8. The molecule has 0 aliphatic heterocycles. The molecule has 0 aliphatic rings. The summed E-state index contributed by atoms with van der Waals surface area (Å²) in [5.74, 6) is 0.236. The van der Waals surface area contributed by atoms with Crippen LogP contribution in [0.5, 0.6) is 5.75 Å². The van der Waals surface area contributed by atoms with Gasteiger partial charge in [-0.2, -0.15) is 16.4 Å². The van der Waals surface area contributed by atoms with Gasteiger partial charge in [0.25, 0.3) is 5.91 Å². The molecule has 1 aromatic carbocycles. The van der Waals surface area contributed by atoms with Crippen LogP contribution in [0.1, 0.15) is 15.9 Å². The molecule has 0 unspecified atom stereocenters. The number of ether oxygens (including phenoxy) is 1. The molecule has 0 radical (unpaired) electrons. The average molecular weight is 260 g/mol. The normalized spacial score (nSPS) is 10.5. The van der Waals surface area contributed by atoms with Crippen molar-refractivity contribution in [3.05, 3.63) is 52.2 Å². The monoisotopic (exact) mass is 260 g/mol. The van der Waals surface area contributed by atoms with Gasteiger partial charge in [0.2, 0.25) is 0 Å². The lowest BCUT2D eigenvalue weighted by molar-refractivity contribution is 0.0952. The lowest BCUT2D eigenvalue weighted by Gasteiger charge is -2.05. The van der Waals surface area contributed by atoms with Crippen LogP contribution in [0.15, 0.2) is 46.2 Å². The number of benzene rings is 1. The number of hydrazone groups is 1. The van der Waals surface area contributed by atoms with E-state index in [0.29, 0.717) is 11.3 Å². The third kappa shape index (κ3) is 2.95. The second-order valence-electron chi connectivity index (χ2n) is 3.46. The molecule has 5 heteroatoms. The highest BCUT2D eigenvalue weighted by molar-refractivity contribution is 7.08. The molecule has 1 N–H and O–H groups in total. The summed E-state index contributed by atoms with van der Waals surface area (Å²) in [5.41, 5.74) is 3.89. The minimum Gasteiger partial charge on any atom is -0.496 e. The van der Waals surface area contributed by atoms with Crippen molar-refractivity contribution in [1.29, 1.82) is 0 Å². The van der Waals surface area contributed by atoms with Crippen molar-refractivity contribution in [2.75, 3.05) is 7.11 Å². The van der Waals surface area contributed by atoms with Crippen LogP contribution in [0.3, 0.4) is 0 Å². The van der Waals surface area contributed by atoms with Crippen LogP contribution in [0.2, 0.25) is 0 Å². The SMILES string of the molecule is COc1ccccc1C(=O)N/N=C\c1ccsc1. The van der Waals surface area contributed by atoms with E-state index in [9.17, 15) is 4.79 Å². The summed E-state index contributed by atoms with van der Waals surface area (Å²) in [6.07, 6.45) is 1.60. The number of methoxy groups -OCH3 is 1. The van der Waals surface area contributed by atoms with Crippen LogP contribution in [0, 0.1) is 0 Å². The number of amides is 1. The van der Waals surface area contributed by atoms with Crippen LogP contribution in [-0.2, 0) is 0 Å². The fourth-order valence-corrected chi connectivity index (χ4v) is 2.02. The Morgan fingerprint density at radius 2 is 2.22 bits per heavy atom. The lowest BCUT2D eigenvalue weighted by atomic mass is 10.2. The van der Waals surface area contributed by atoms with Crippen molar-refractivity contribution >= 4 is 23.5 Å². The van der Waals surface area contributed by atoms with Gasteiger partial charge in [-0.1, -0.05) is 12.1 Å². The Bertz CT molecular complexity index is 550. The smallest absolute Gasteiger partial charge is 0.275 e. The maximum atomic E-state index is 11.9. The van der Waals surface area contributed by atoms with Crippen molar-refractivity contribution in [3.63, 3.8) is 0 Å². The number of nitrogens with zero attached hydrogens (tertiary/aromatic N) is 1. The molecule has 0 atom stereocenters. The molecule has 2 aromatic rings. The van der Waals surface area contributed by atoms with E-state index in [-0.39, 0.29) is 5.91 Å². The molecule has 0 saturated heterocycles. The van der Waals surface area contributed by atoms with Crippen molar-refractivity contribution in [2.24, 2.45) is 5.10 Å². The predicted octanol–water partition coefficient (Wildman–Crippen LogP) is 2.52. The highest BCUT2D eigenvalue weighted by Gasteiger charge is 2.09. The van der Waals surface area contributed by atoms with Crippen molar-refractivity contribution in [2.45, 2.75) is 0 Å². The average Bonchev–Trinajstić information content (AvgIpc) is 2.91. The molecule has 1 amide bonds. The number of hydrogen-bond acceptors (Lipinski definition) is 4. The third-order valence-corrected chi connectivity index (χ3v) is 2.98. The van der Waals surface area contributed by atoms with Gasteiger partial charge in [0.1, 0.15) is 5.75 Å². The minimum absolute atomic E-state index is 0.293. The highest BCUT2D eigenvalue weighted by Crippen LogP contribution is 2.16. The van der Waals surface area contributed by atoms with Gasteiger partial charge in [-0.05, 0) is 29.0 Å². The van der Waals surface area contributed by atoms with Crippen LogP contribution in [0.4, 0.5) is 0 Å². The Balaban J connectivity index is 2.04. The van der Waals surface area contributed by atoms with Crippen LogP contribution in [0.25, 0.3) is 0 Å². The Labute approximate surface area is 109 Å². The van der Waals surface area contributed by atoms with Crippen molar-refractivity contribution < 1.29 is 9.53 Å². The maximum absolute atomic E-state index is 11.9. The standard InChI is InChI=1S/C13H12N2O2S/c1-17-12-5-3-2-4-11(12)13(16)15-14-8-10-6-7-18-9-10/h2-9H,1H3,(H,15,16)/b14-8-. The zero-order valence-electron chi connectivity index (χ0n) is 9.79. The van der Waals surface area contributed by atoms with Gasteiger partial charge in [0, 0.05) is 5.56 Å². The van der Waals surface area contributed by atoms with Gasteiger partial charge in [0.05, 0.1) is 18.9 Å². The zero-order valence-corrected chi connectivity index (χ0v) is 10.6. The first-order valence-corrected chi connectivity index (χ1v) is 6.24. The number of carbonyl (C=O) groups is 1. The fourth-order valence-electron chi connectivity index (χ4n) is 1.41. The molecule has 4 nitrogen and oxygen atoms in total. The molecule has 0 spiro atoms. The molecule has 2 rings (SSSR count). The molecular formula is C13H12N2O2S. The number of rotatable bonds is 4. The van der Waals surface area contributed by atoms with E-state index in [2.05, 4.69) is 10.5 Å². The molecule has 0 saturated carbocycles. The van der Waals surface area contributed by atoms with E-state index in [4.69, 9.17) is 4.74 Å². The van der Waals surface area contributed by atoms with Gasteiger partial charge in [-0.3, -0.25) is 4.79 Å². The maximum Gasteiger partial charge on any atom is 0.275 e. The van der Waals surface area contributed by atoms with Gasteiger partial charge in [-0.25, -0.2) is 5.43 Å². The second kappa shape index (κ2) is 5.97. The Kier molecular flexibility index (Phi) is 4.09. The number of para-hydroxylation sites is 1. The Hall–Kier alpha value is -2.14. The largest absolute Gasteiger partial charge is 0.496 e.